The van der Waals surface area contributed by atoms with Gasteiger partial charge in [0, 0.05) is 10.0 Å². The molecule has 6 unspecified atom stereocenters. The van der Waals surface area contributed by atoms with E-state index in [0.29, 0.717) is 21.4 Å². The normalized spacial score (nSPS) is 26.3. The van der Waals surface area contributed by atoms with Crippen molar-refractivity contribution >= 4 is 58.2 Å². The van der Waals surface area contributed by atoms with Gasteiger partial charge >= 0.3 is 0 Å². The Kier molecular flexibility index (Phi) is 7.62. The number of nitrogens with zero attached hydrogens (tertiary/aromatic N) is 4. The zero-order valence-corrected chi connectivity index (χ0v) is 30.1. The molecule has 4 fully saturated rings. The molecule has 4 aromatic rings. The fraction of sp³-hybridized carbons (Fsp3) is 0.300. The monoisotopic (exact) mass is 706 g/mol. The number of rotatable bonds is 4. The molecule has 8 rings (SSSR count). The smallest absolute Gasteiger partial charge is 0.253 e. The van der Waals surface area contributed by atoms with E-state index in [0.717, 1.165) is 44.5 Å². The number of carbonyl (C=O) groups is 4. The van der Waals surface area contributed by atoms with Crippen molar-refractivity contribution < 1.29 is 19.2 Å². The summed E-state index contributed by atoms with van der Waals surface area (Å²) in [5, 5.41) is 4.79. The first kappa shape index (κ1) is 32.8. The maximum atomic E-state index is 14.9. The van der Waals surface area contributed by atoms with Gasteiger partial charge < -0.3 is 0 Å². The third-order valence-corrected chi connectivity index (χ3v) is 11.4. The van der Waals surface area contributed by atoms with Gasteiger partial charge in [-0.2, -0.15) is 0 Å². The number of fused-ring (bicyclic) bond motifs is 5. The van der Waals surface area contributed by atoms with Gasteiger partial charge in [-0.15, -0.1) is 0 Å². The van der Waals surface area contributed by atoms with Crippen LogP contribution in [0.4, 0.5) is 11.4 Å². The number of carbonyl (C=O) groups excluding carboxylic acids is 4. The predicted octanol–water partition coefficient (Wildman–Crippen LogP) is 7.29. The Bertz CT molecular complexity index is 1950. The highest BCUT2D eigenvalue weighted by Crippen LogP contribution is 2.60. The van der Waals surface area contributed by atoms with Crippen molar-refractivity contribution in [3.05, 3.63) is 127 Å². The second-order valence-electron chi connectivity index (χ2n) is 14.2. The van der Waals surface area contributed by atoms with E-state index in [1.54, 1.807) is 24.3 Å². The lowest BCUT2D eigenvalue weighted by Crippen LogP contribution is -2.50. The lowest BCUT2D eigenvalue weighted by atomic mass is 9.84. The Hall–Kier alpha value is -4.34. The number of anilines is 2. The van der Waals surface area contributed by atoms with Gasteiger partial charge in [0.25, 0.3) is 11.8 Å². The van der Waals surface area contributed by atoms with Gasteiger partial charge in [0.15, 0.2) is 0 Å². The average molecular weight is 708 g/mol. The quantitative estimate of drug-likeness (QED) is 0.208. The van der Waals surface area contributed by atoms with Crippen molar-refractivity contribution in [2.24, 2.45) is 11.8 Å². The molecule has 4 aliphatic rings. The van der Waals surface area contributed by atoms with Crippen LogP contribution < -0.4 is 9.80 Å². The van der Waals surface area contributed by atoms with Crippen LogP contribution in [0.5, 0.6) is 0 Å². The molecule has 4 saturated heterocycles. The first-order valence-electron chi connectivity index (χ1n) is 16.8. The van der Waals surface area contributed by atoms with Crippen LogP contribution in [0, 0.1) is 53.4 Å². The maximum absolute atomic E-state index is 14.9. The lowest BCUT2D eigenvalue weighted by molar-refractivity contribution is -0.136. The van der Waals surface area contributed by atoms with E-state index in [1.165, 1.54) is 9.80 Å². The van der Waals surface area contributed by atoms with Crippen LogP contribution in [-0.2, 0) is 19.2 Å². The zero-order chi connectivity index (χ0) is 35.5. The van der Waals surface area contributed by atoms with Crippen LogP contribution in [0.3, 0.4) is 0 Å². The average Bonchev–Trinajstić information content (AvgIpc) is 3.71. The third-order valence-electron chi connectivity index (χ3n) is 10.9. The van der Waals surface area contributed by atoms with Gasteiger partial charge in [-0.05, 0) is 99.2 Å². The number of aryl methyl sites for hydroxylation is 6. The Labute approximate surface area is 301 Å². The third kappa shape index (κ3) is 4.58. The summed E-state index contributed by atoms with van der Waals surface area (Å²) in [5.41, 5.74) is 7.95. The standard InChI is InChI=1S/C40H36Cl2N4O4/c1-19-15-21(3)31(22(4)16-19)43-37(47)29-33(25-7-11-27(41)12-8-25)46-36-30(34(45(46)35(29)39(43)49)26-9-13-28(42)14-10-26)38(48)44(40(36)50)32-23(5)17-20(2)18-24(32)6/h7-18,29-30,33-36H,1-6H3. The Balaban J connectivity index is 1.35. The van der Waals surface area contributed by atoms with Gasteiger partial charge in [0.05, 0.1) is 35.3 Å². The molecule has 8 nitrogen and oxygen atoms in total. The highest BCUT2D eigenvalue weighted by atomic mass is 35.5. The highest BCUT2D eigenvalue weighted by molar-refractivity contribution is 6.31. The summed E-state index contributed by atoms with van der Waals surface area (Å²) in [6.45, 7) is 11.6. The molecule has 0 aromatic heterocycles. The molecule has 4 amide bonds. The number of halogens is 2. The Morgan fingerprint density at radius 1 is 0.440 bits per heavy atom. The SMILES string of the molecule is Cc1cc(C)c(N2C(=O)C3C(C2=O)N2C(c4ccc(Cl)cc4)C4C(=O)N(c5c(C)cc(C)cc5C)C(=O)C4N2C3c2ccc(Cl)cc2)c(C)c1. The van der Waals surface area contributed by atoms with Crippen LogP contribution >= 0.6 is 23.2 Å². The van der Waals surface area contributed by atoms with Crippen LogP contribution in [-0.4, -0.2) is 45.7 Å². The van der Waals surface area contributed by atoms with Crippen molar-refractivity contribution in [2.75, 3.05) is 9.80 Å². The predicted molar refractivity (Wildman–Crippen MR) is 193 cm³/mol. The van der Waals surface area contributed by atoms with Gasteiger partial charge in [0.1, 0.15) is 12.1 Å². The second-order valence-corrected chi connectivity index (χ2v) is 15.1. The summed E-state index contributed by atoms with van der Waals surface area (Å²) in [5.74, 6) is -3.15. The second kappa shape index (κ2) is 11.6. The molecule has 0 aliphatic carbocycles. The van der Waals surface area contributed by atoms with E-state index in [4.69, 9.17) is 23.2 Å². The van der Waals surface area contributed by atoms with Crippen molar-refractivity contribution in [3.63, 3.8) is 0 Å². The van der Waals surface area contributed by atoms with E-state index >= 15 is 0 Å². The Morgan fingerprint density at radius 2 is 0.740 bits per heavy atom. The molecular formula is C40H36Cl2N4O4. The van der Waals surface area contributed by atoms with Gasteiger partial charge in [0.2, 0.25) is 11.8 Å². The minimum absolute atomic E-state index is 0.338. The molecular weight excluding hydrogens is 671 g/mol. The van der Waals surface area contributed by atoms with Crippen LogP contribution in [0.2, 0.25) is 10.0 Å². The minimum Gasteiger partial charge on any atom is -0.274 e. The molecule has 6 atom stereocenters. The summed E-state index contributed by atoms with van der Waals surface area (Å²) in [7, 11) is 0. The number of hydrogen-bond acceptors (Lipinski definition) is 6. The molecule has 0 saturated carbocycles. The summed E-state index contributed by atoms with van der Waals surface area (Å²) >= 11 is 12.7. The van der Waals surface area contributed by atoms with Crippen molar-refractivity contribution in [1.82, 2.24) is 10.0 Å². The van der Waals surface area contributed by atoms with Crippen molar-refractivity contribution in [2.45, 2.75) is 65.7 Å². The zero-order valence-electron chi connectivity index (χ0n) is 28.6. The number of imide groups is 2. The summed E-state index contributed by atoms with van der Waals surface area (Å²) < 4.78 is 0. The molecule has 0 N–H and O–H groups in total. The van der Waals surface area contributed by atoms with E-state index in [2.05, 4.69) is 0 Å². The Morgan fingerprint density at radius 3 is 1.04 bits per heavy atom. The van der Waals surface area contributed by atoms with E-state index in [9.17, 15) is 19.2 Å². The number of amides is 4. The van der Waals surface area contributed by atoms with Crippen LogP contribution in [0.1, 0.15) is 56.6 Å². The maximum Gasteiger partial charge on any atom is 0.253 e. The van der Waals surface area contributed by atoms with Crippen LogP contribution in [0.25, 0.3) is 0 Å². The minimum atomic E-state index is -0.966. The summed E-state index contributed by atoms with van der Waals surface area (Å²) in [4.78, 5) is 62.2. The number of hydrogen-bond donors (Lipinski definition) is 0. The fourth-order valence-electron chi connectivity index (χ4n) is 9.31. The van der Waals surface area contributed by atoms with E-state index in [1.807, 2.05) is 100 Å². The fourth-order valence-corrected chi connectivity index (χ4v) is 9.56. The first-order chi connectivity index (χ1) is 23.8. The lowest BCUT2D eigenvalue weighted by Gasteiger charge is -2.36. The van der Waals surface area contributed by atoms with Gasteiger partial charge in [-0.3, -0.25) is 19.2 Å². The number of hydrazine groups is 1. The molecule has 4 heterocycles. The van der Waals surface area contributed by atoms with E-state index < -0.39 is 36.0 Å². The van der Waals surface area contributed by atoms with Crippen LogP contribution in [0.15, 0.2) is 72.8 Å². The molecule has 0 bridgehead atoms. The molecule has 50 heavy (non-hydrogen) atoms. The summed E-state index contributed by atoms with van der Waals surface area (Å²) in [6, 6.07) is 18.8. The van der Waals surface area contributed by atoms with Gasteiger partial charge in [-0.1, -0.05) is 82.9 Å². The first-order valence-corrected chi connectivity index (χ1v) is 17.5. The molecule has 254 valence electrons. The largest absolute Gasteiger partial charge is 0.274 e. The topological polar surface area (TPSA) is 81.2 Å². The molecule has 0 radical (unpaired) electrons. The van der Waals surface area contributed by atoms with Gasteiger partial charge in [-0.25, -0.2) is 19.8 Å². The molecule has 10 heteroatoms. The molecule has 4 aliphatic heterocycles. The van der Waals surface area contributed by atoms with Crippen molar-refractivity contribution in [3.8, 4) is 0 Å². The molecule has 4 aromatic carbocycles. The highest BCUT2D eigenvalue weighted by Gasteiger charge is 2.73. The molecule has 0 spiro atoms. The van der Waals surface area contributed by atoms with E-state index in [-0.39, 0.29) is 23.6 Å². The summed E-state index contributed by atoms with van der Waals surface area (Å²) in [6.07, 6.45) is 0. The number of benzene rings is 4. The van der Waals surface area contributed by atoms with Crippen molar-refractivity contribution in [1.29, 1.82) is 0 Å².